The second-order valence-corrected chi connectivity index (χ2v) is 22.1. The second-order valence-electron chi connectivity index (χ2n) is 22.1. The van der Waals surface area contributed by atoms with Crippen molar-refractivity contribution in [3.8, 4) is 67.8 Å². The lowest BCUT2D eigenvalue weighted by Crippen LogP contribution is -2.06. The maximum atomic E-state index is 14.6. The maximum Gasteiger partial charge on any atom is 0.416 e. The third-order valence-corrected chi connectivity index (χ3v) is 17.2. The van der Waals surface area contributed by atoms with Crippen LogP contribution in [0.15, 0.2) is 285 Å². The molecule has 5 aromatic heterocycles. The van der Waals surface area contributed by atoms with Crippen molar-refractivity contribution in [2.75, 3.05) is 0 Å². The minimum atomic E-state index is -4.57. The first kappa shape index (κ1) is 49.3. The van der Waals surface area contributed by atoms with Gasteiger partial charge in [0, 0.05) is 71.3 Å². The molecule has 0 saturated heterocycles. The van der Waals surface area contributed by atoms with Crippen molar-refractivity contribution in [2.24, 2.45) is 0 Å². The number of hydrogen-bond acceptors (Lipinski definition) is 2. The quantitative estimate of drug-likeness (QED) is 0.152. The van der Waals surface area contributed by atoms with Gasteiger partial charge in [-0.1, -0.05) is 170 Å². The van der Waals surface area contributed by atoms with E-state index in [4.69, 9.17) is 9.97 Å². The van der Waals surface area contributed by atoms with Crippen molar-refractivity contribution < 1.29 is 13.2 Å². The van der Waals surface area contributed by atoms with Crippen LogP contribution in [-0.2, 0) is 6.18 Å². The summed E-state index contributed by atoms with van der Waals surface area (Å²) in [6.07, 6.45) is -4.57. The Labute approximate surface area is 490 Å². The Balaban J connectivity index is 0.833. The zero-order valence-electron chi connectivity index (χ0n) is 46.0. The second kappa shape index (κ2) is 19.1. The van der Waals surface area contributed by atoms with Crippen LogP contribution in [-0.4, -0.2) is 28.2 Å². The van der Waals surface area contributed by atoms with Gasteiger partial charge in [-0.25, -0.2) is 9.97 Å². The van der Waals surface area contributed by atoms with Gasteiger partial charge in [-0.2, -0.15) is 13.2 Å². The highest BCUT2D eigenvalue weighted by Gasteiger charge is 2.31. The summed E-state index contributed by atoms with van der Waals surface area (Å²) in [7, 11) is 0. The molecule has 12 aromatic carbocycles. The van der Waals surface area contributed by atoms with Crippen LogP contribution in [0.1, 0.15) is 5.56 Å². The Bertz CT molecular complexity index is 5590. The van der Waals surface area contributed by atoms with Gasteiger partial charge in [-0.15, -0.1) is 0 Å². The number of hydrogen-bond donors (Lipinski definition) is 0. The average Bonchev–Trinajstić information content (AvgIpc) is 1.77. The predicted octanol–water partition coefficient (Wildman–Crippen LogP) is 20.6. The Morgan fingerprint density at radius 3 is 1.09 bits per heavy atom. The van der Waals surface area contributed by atoms with E-state index < -0.39 is 11.7 Å². The lowest BCUT2D eigenvalue weighted by Gasteiger charge is -2.14. The van der Waals surface area contributed by atoms with Crippen molar-refractivity contribution in [2.45, 2.75) is 6.18 Å². The first-order valence-electron chi connectivity index (χ1n) is 28.7. The molecule has 0 amide bonds. The molecule has 406 valence electrons. The Hall–Kier alpha value is -11.3. The fraction of sp³-hybridized carbons (Fsp3) is 0.0130. The molecule has 0 unspecified atom stereocenters. The largest absolute Gasteiger partial charge is 0.416 e. The van der Waals surface area contributed by atoms with E-state index >= 15 is 0 Å². The molecule has 0 atom stereocenters. The van der Waals surface area contributed by atoms with Gasteiger partial charge in [0.05, 0.1) is 61.1 Å². The van der Waals surface area contributed by atoms with Crippen LogP contribution in [0.5, 0.6) is 0 Å². The van der Waals surface area contributed by atoms with Gasteiger partial charge < -0.3 is 13.7 Å². The Kier molecular flexibility index (Phi) is 11.0. The van der Waals surface area contributed by atoms with Gasteiger partial charge in [0.15, 0.2) is 0 Å². The smallest absolute Gasteiger partial charge is 0.309 e. The standard InChI is InChI=1S/C77H47F3N6/c78-77(79,80)54-19-15-17-52(41-54)66-47-67(82-76(81-66)86-71-32-14-8-26-59(71)63-38-34-51(46-75(63)86)49-36-40-73-65(44-49)61-28-10-13-31-70(61)84(73)56-22-5-2-6-23-56)53-18-16-24-57(42-53)85-68-29-11-7-25-58(68)62-37-33-50(45-74(62)85)48-35-39-72-64(43-48)60-27-9-12-30-69(60)83(72)55-20-3-1-4-21-55/h1-47H. The molecule has 0 aliphatic carbocycles. The lowest BCUT2D eigenvalue weighted by atomic mass is 10.0. The molecule has 0 aliphatic rings. The molecule has 86 heavy (non-hydrogen) atoms. The zero-order chi connectivity index (χ0) is 57.2. The summed E-state index contributed by atoms with van der Waals surface area (Å²) in [4.78, 5) is 10.7. The third kappa shape index (κ3) is 7.82. The van der Waals surface area contributed by atoms with E-state index in [0.29, 0.717) is 22.9 Å². The predicted molar refractivity (Wildman–Crippen MR) is 346 cm³/mol. The van der Waals surface area contributed by atoms with Gasteiger partial charge in [-0.05, 0) is 138 Å². The molecule has 0 N–H and O–H groups in total. The Morgan fingerprint density at radius 1 is 0.233 bits per heavy atom. The average molecular weight is 1110 g/mol. The van der Waals surface area contributed by atoms with E-state index in [1.54, 1.807) is 6.07 Å². The van der Waals surface area contributed by atoms with Crippen molar-refractivity contribution in [1.82, 2.24) is 28.2 Å². The van der Waals surface area contributed by atoms with E-state index in [-0.39, 0.29) is 0 Å². The van der Waals surface area contributed by atoms with Crippen LogP contribution in [0.3, 0.4) is 0 Å². The molecule has 9 heteroatoms. The molecular formula is C77H47F3N6. The highest BCUT2D eigenvalue weighted by atomic mass is 19.4. The first-order chi connectivity index (χ1) is 42.3. The number of para-hydroxylation sites is 6. The molecule has 0 bridgehead atoms. The molecule has 0 radical (unpaired) electrons. The minimum Gasteiger partial charge on any atom is -0.309 e. The normalized spacial score (nSPS) is 12.1. The van der Waals surface area contributed by atoms with Crippen LogP contribution in [0.4, 0.5) is 13.2 Å². The summed E-state index contributed by atoms with van der Waals surface area (Å²) >= 11 is 0. The fourth-order valence-corrected chi connectivity index (χ4v) is 13.3. The topological polar surface area (TPSA) is 45.5 Å². The SMILES string of the molecule is FC(F)(F)c1cccc(-c2cc(-c3cccc(-n4c5ccccc5c5ccc(-c6ccc7c(c6)c6ccccc6n7-c6ccccc6)cc54)c3)nc(-n3c4ccccc4c4ccc(-c5ccc6c(c5)c5ccccc5n6-c5ccccc5)cc43)n2)c1. The molecule has 0 spiro atoms. The monoisotopic (exact) mass is 1110 g/mol. The molecule has 5 heterocycles. The molecule has 0 fully saturated rings. The lowest BCUT2D eigenvalue weighted by molar-refractivity contribution is -0.137. The van der Waals surface area contributed by atoms with Crippen LogP contribution in [0.25, 0.3) is 155 Å². The molecule has 17 rings (SSSR count). The minimum absolute atomic E-state index is 0.322. The maximum absolute atomic E-state index is 14.6. The third-order valence-electron chi connectivity index (χ3n) is 17.2. The van der Waals surface area contributed by atoms with Crippen molar-refractivity contribution in [3.63, 3.8) is 0 Å². The number of rotatable bonds is 8. The highest BCUT2D eigenvalue weighted by Crippen LogP contribution is 2.42. The number of alkyl halides is 3. The summed E-state index contributed by atoms with van der Waals surface area (Å²) in [6, 6.07) is 96.8. The molecule has 17 aromatic rings. The van der Waals surface area contributed by atoms with Crippen molar-refractivity contribution in [1.29, 1.82) is 0 Å². The highest BCUT2D eigenvalue weighted by molar-refractivity contribution is 6.14. The van der Waals surface area contributed by atoms with Gasteiger partial charge in [-0.3, -0.25) is 4.57 Å². The summed E-state index contributed by atoms with van der Waals surface area (Å²) < 4.78 is 52.7. The van der Waals surface area contributed by atoms with Crippen molar-refractivity contribution in [3.05, 3.63) is 291 Å². The zero-order valence-corrected chi connectivity index (χ0v) is 46.0. The van der Waals surface area contributed by atoms with E-state index in [0.717, 1.165) is 127 Å². The number of nitrogens with zero attached hydrogens (tertiary/aromatic N) is 6. The van der Waals surface area contributed by atoms with Gasteiger partial charge in [0.1, 0.15) is 0 Å². The summed E-state index contributed by atoms with van der Waals surface area (Å²) in [6.45, 7) is 0. The van der Waals surface area contributed by atoms with E-state index in [9.17, 15) is 13.2 Å². The summed E-state index contributed by atoms with van der Waals surface area (Å²) in [5, 5.41) is 8.86. The van der Waals surface area contributed by atoms with E-state index in [1.165, 1.54) is 22.9 Å². The molecule has 0 saturated carbocycles. The van der Waals surface area contributed by atoms with Gasteiger partial charge >= 0.3 is 6.18 Å². The van der Waals surface area contributed by atoms with Gasteiger partial charge in [0.2, 0.25) is 5.95 Å². The summed E-state index contributed by atoms with van der Waals surface area (Å²) in [5.41, 5.74) is 16.9. The number of halogens is 3. The summed E-state index contributed by atoms with van der Waals surface area (Å²) in [5.74, 6) is 0.329. The van der Waals surface area contributed by atoms with E-state index in [2.05, 4.69) is 237 Å². The molecule has 6 nitrogen and oxygen atoms in total. The van der Waals surface area contributed by atoms with Crippen LogP contribution < -0.4 is 0 Å². The molecule has 0 aliphatic heterocycles. The van der Waals surface area contributed by atoms with Crippen LogP contribution in [0, 0.1) is 0 Å². The Morgan fingerprint density at radius 2 is 0.593 bits per heavy atom. The first-order valence-corrected chi connectivity index (χ1v) is 28.7. The fourth-order valence-electron chi connectivity index (χ4n) is 13.3. The van der Waals surface area contributed by atoms with Crippen LogP contribution >= 0.6 is 0 Å². The van der Waals surface area contributed by atoms with Crippen molar-refractivity contribution >= 4 is 87.2 Å². The molecular weight excluding hydrogens is 1070 g/mol. The number of fused-ring (bicyclic) bond motifs is 12. The van der Waals surface area contributed by atoms with E-state index in [1.807, 2.05) is 42.5 Å². The van der Waals surface area contributed by atoms with Gasteiger partial charge in [0.25, 0.3) is 0 Å². The number of aromatic nitrogens is 6. The van der Waals surface area contributed by atoms with Crippen LogP contribution in [0.2, 0.25) is 0 Å². The number of benzene rings is 12.